The Hall–Kier alpha value is -2.27. The lowest BCUT2D eigenvalue weighted by Crippen LogP contribution is -2.40. The fraction of sp³-hybridized carbons (Fsp3) is 0.550. The molecule has 2 N–H and O–H groups in total. The average molecular weight is 378 g/mol. The van der Waals surface area contributed by atoms with Crippen LogP contribution in [0.5, 0.6) is 11.5 Å². The van der Waals surface area contributed by atoms with Crippen LogP contribution in [0.4, 0.5) is 0 Å². The third kappa shape index (κ3) is 6.43. The molecule has 0 amide bonds. The Kier molecular flexibility index (Phi) is 7.92. The Morgan fingerprint density at radius 2 is 2.19 bits per heavy atom. The number of carbonyl (C=O) groups is 1. The molecule has 1 fully saturated rings. The van der Waals surface area contributed by atoms with Gasteiger partial charge in [0.25, 0.3) is 0 Å². The number of benzene rings is 1. The molecule has 148 valence electrons. The number of rotatable bonds is 8. The normalized spacial score (nSPS) is 22.1. The van der Waals surface area contributed by atoms with Gasteiger partial charge < -0.3 is 29.2 Å². The standard InChI is InChI=1S/C20H26O7/c1-4-7-24-18-10-16(6-5-14(18)12-25-20(23)13(2)3)26-19-9-15(22)8-17(11-21)27-19/h1,5-6,10,13,15,17,19,21-22H,7-9,11-12H2,2-3H3. The predicted molar refractivity (Wildman–Crippen MR) is 97.0 cm³/mol. The molecule has 1 aromatic rings. The van der Waals surface area contributed by atoms with Gasteiger partial charge in [0.15, 0.2) is 0 Å². The van der Waals surface area contributed by atoms with E-state index in [9.17, 15) is 15.0 Å². The Morgan fingerprint density at radius 1 is 1.41 bits per heavy atom. The van der Waals surface area contributed by atoms with E-state index in [1.807, 2.05) is 0 Å². The molecule has 27 heavy (non-hydrogen) atoms. The summed E-state index contributed by atoms with van der Waals surface area (Å²) < 4.78 is 22.1. The molecule has 0 aromatic heterocycles. The van der Waals surface area contributed by atoms with Crippen molar-refractivity contribution < 1.29 is 34.0 Å². The summed E-state index contributed by atoms with van der Waals surface area (Å²) in [5, 5.41) is 19.1. The van der Waals surface area contributed by atoms with E-state index in [0.29, 0.717) is 29.9 Å². The lowest BCUT2D eigenvalue weighted by atomic mass is 10.1. The second-order valence-electron chi connectivity index (χ2n) is 6.64. The zero-order valence-electron chi connectivity index (χ0n) is 15.6. The topological polar surface area (TPSA) is 94.5 Å². The van der Waals surface area contributed by atoms with Gasteiger partial charge in [-0.15, -0.1) is 6.42 Å². The van der Waals surface area contributed by atoms with Gasteiger partial charge in [-0.1, -0.05) is 19.8 Å². The molecule has 0 spiro atoms. The van der Waals surface area contributed by atoms with E-state index in [1.165, 1.54) is 0 Å². The summed E-state index contributed by atoms with van der Waals surface area (Å²) in [5.74, 6) is 2.75. The van der Waals surface area contributed by atoms with Gasteiger partial charge in [-0.2, -0.15) is 0 Å². The number of ether oxygens (including phenoxy) is 4. The fourth-order valence-electron chi connectivity index (χ4n) is 2.59. The minimum Gasteiger partial charge on any atom is -0.480 e. The highest BCUT2D eigenvalue weighted by Crippen LogP contribution is 2.29. The first-order valence-corrected chi connectivity index (χ1v) is 8.89. The molecule has 2 rings (SSSR count). The van der Waals surface area contributed by atoms with E-state index < -0.39 is 18.5 Å². The van der Waals surface area contributed by atoms with Crippen LogP contribution in [-0.2, 0) is 20.9 Å². The number of aliphatic hydroxyl groups excluding tert-OH is 2. The number of hydrogen-bond acceptors (Lipinski definition) is 7. The zero-order chi connectivity index (χ0) is 19.8. The van der Waals surface area contributed by atoms with Crippen LogP contribution in [0.2, 0.25) is 0 Å². The van der Waals surface area contributed by atoms with Crippen molar-refractivity contribution in [2.75, 3.05) is 13.2 Å². The molecule has 0 aliphatic carbocycles. The van der Waals surface area contributed by atoms with Crippen molar-refractivity contribution in [3.63, 3.8) is 0 Å². The maximum absolute atomic E-state index is 11.7. The lowest BCUT2D eigenvalue weighted by molar-refractivity contribution is -0.184. The van der Waals surface area contributed by atoms with Crippen LogP contribution in [0.3, 0.4) is 0 Å². The number of terminal acetylenes is 1. The highest BCUT2D eigenvalue weighted by Gasteiger charge is 2.29. The van der Waals surface area contributed by atoms with Crippen LogP contribution in [-0.4, -0.2) is 47.9 Å². The first kappa shape index (κ1) is 21.0. The van der Waals surface area contributed by atoms with E-state index in [1.54, 1.807) is 32.0 Å². The van der Waals surface area contributed by atoms with Gasteiger partial charge in [0.05, 0.1) is 24.7 Å². The summed E-state index contributed by atoms with van der Waals surface area (Å²) in [7, 11) is 0. The van der Waals surface area contributed by atoms with E-state index in [-0.39, 0.29) is 31.7 Å². The summed E-state index contributed by atoms with van der Waals surface area (Å²) in [6, 6.07) is 5.05. The van der Waals surface area contributed by atoms with Gasteiger partial charge >= 0.3 is 5.97 Å². The second-order valence-corrected chi connectivity index (χ2v) is 6.64. The van der Waals surface area contributed by atoms with Gasteiger partial charge in [0.2, 0.25) is 6.29 Å². The summed E-state index contributed by atoms with van der Waals surface area (Å²) in [5.41, 5.74) is 0.657. The van der Waals surface area contributed by atoms with Gasteiger partial charge in [-0.25, -0.2) is 0 Å². The molecule has 1 heterocycles. The highest BCUT2D eigenvalue weighted by atomic mass is 16.7. The number of aliphatic hydroxyl groups is 2. The van der Waals surface area contributed by atoms with Crippen molar-refractivity contribution in [3.05, 3.63) is 23.8 Å². The quantitative estimate of drug-likeness (QED) is 0.524. The molecule has 1 aliphatic rings. The van der Waals surface area contributed by atoms with Crippen molar-refractivity contribution in [3.8, 4) is 23.8 Å². The summed E-state index contributed by atoms with van der Waals surface area (Å²) >= 11 is 0. The molecule has 7 nitrogen and oxygen atoms in total. The van der Waals surface area contributed by atoms with Crippen molar-refractivity contribution >= 4 is 5.97 Å². The second kappa shape index (κ2) is 10.2. The van der Waals surface area contributed by atoms with Gasteiger partial charge in [-0.3, -0.25) is 4.79 Å². The molecule has 7 heteroatoms. The van der Waals surface area contributed by atoms with E-state index >= 15 is 0 Å². The molecule has 3 unspecified atom stereocenters. The Bertz CT molecular complexity index is 665. The van der Waals surface area contributed by atoms with Crippen LogP contribution in [0.1, 0.15) is 32.3 Å². The average Bonchev–Trinajstić information content (AvgIpc) is 2.64. The molecular formula is C20H26O7. The number of hydrogen-bond donors (Lipinski definition) is 2. The van der Waals surface area contributed by atoms with Crippen molar-refractivity contribution in [2.24, 2.45) is 5.92 Å². The lowest BCUT2D eigenvalue weighted by Gasteiger charge is -2.32. The smallest absolute Gasteiger partial charge is 0.308 e. The first-order valence-electron chi connectivity index (χ1n) is 8.89. The van der Waals surface area contributed by atoms with Crippen molar-refractivity contribution in [2.45, 2.75) is 51.8 Å². The maximum atomic E-state index is 11.7. The van der Waals surface area contributed by atoms with Gasteiger partial charge in [0, 0.05) is 24.5 Å². The summed E-state index contributed by atoms with van der Waals surface area (Å²) in [6.07, 6.45) is 4.17. The Morgan fingerprint density at radius 3 is 2.85 bits per heavy atom. The number of esters is 1. The van der Waals surface area contributed by atoms with Gasteiger partial charge in [-0.05, 0) is 12.1 Å². The molecule has 3 atom stereocenters. The van der Waals surface area contributed by atoms with Crippen molar-refractivity contribution in [1.29, 1.82) is 0 Å². The molecule has 0 bridgehead atoms. The van der Waals surface area contributed by atoms with Crippen LogP contribution in [0, 0.1) is 18.3 Å². The largest absolute Gasteiger partial charge is 0.480 e. The summed E-state index contributed by atoms with van der Waals surface area (Å²) in [6.45, 7) is 3.44. The minimum atomic E-state index is -0.684. The molecule has 0 radical (unpaired) electrons. The fourth-order valence-corrected chi connectivity index (χ4v) is 2.59. The van der Waals surface area contributed by atoms with E-state index in [4.69, 9.17) is 25.4 Å². The summed E-state index contributed by atoms with van der Waals surface area (Å²) in [4.78, 5) is 11.7. The van der Waals surface area contributed by atoms with Crippen LogP contribution < -0.4 is 9.47 Å². The van der Waals surface area contributed by atoms with Crippen LogP contribution >= 0.6 is 0 Å². The predicted octanol–water partition coefficient (Wildman–Crippen LogP) is 1.63. The molecule has 1 aliphatic heterocycles. The molecule has 1 saturated heterocycles. The molecular weight excluding hydrogens is 352 g/mol. The van der Waals surface area contributed by atoms with Gasteiger partial charge in [0.1, 0.15) is 24.7 Å². The van der Waals surface area contributed by atoms with Crippen LogP contribution in [0.15, 0.2) is 18.2 Å². The zero-order valence-corrected chi connectivity index (χ0v) is 15.6. The highest BCUT2D eigenvalue weighted by molar-refractivity contribution is 5.71. The maximum Gasteiger partial charge on any atom is 0.308 e. The minimum absolute atomic E-state index is 0.0554. The van der Waals surface area contributed by atoms with E-state index in [0.717, 1.165) is 0 Å². The van der Waals surface area contributed by atoms with E-state index in [2.05, 4.69) is 5.92 Å². The SMILES string of the molecule is C#CCOc1cc(OC2CC(O)CC(CO)O2)ccc1COC(=O)C(C)C. The Balaban J connectivity index is 2.09. The third-order valence-electron chi connectivity index (χ3n) is 4.01. The molecule has 1 aromatic carbocycles. The van der Waals surface area contributed by atoms with Crippen LogP contribution in [0.25, 0.3) is 0 Å². The third-order valence-corrected chi connectivity index (χ3v) is 4.01. The molecule has 0 saturated carbocycles. The first-order chi connectivity index (χ1) is 12.9. The monoisotopic (exact) mass is 378 g/mol. The Labute approximate surface area is 159 Å². The van der Waals surface area contributed by atoms with Crippen molar-refractivity contribution in [1.82, 2.24) is 0 Å². The number of carbonyl (C=O) groups excluding carboxylic acids is 1.